The fraction of sp³-hybridized carbons (Fsp3) is 0.350. The third-order valence-electron chi connectivity index (χ3n) is 4.59. The van der Waals surface area contributed by atoms with Gasteiger partial charge in [-0.3, -0.25) is 14.6 Å². The summed E-state index contributed by atoms with van der Waals surface area (Å²) in [5.41, 5.74) is 1.03. The standard InChI is InChI=1S/C20H23N3O3/c1-15(24)23-17(14-26-18-9-6-10-21-12-18)13-22(2)20(25)19(23)11-16-7-4-3-5-8-16/h3-10,12,17,19H,11,13-14H2,1-2H3/t17-,19-/m0/s1. The summed E-state index contributed by atoms with van der Waals surface area (Å²) in [4.78, 5) is 32.5. The minimum atomic E-state index is -0.517. The predicted molar refractivity (Wildman–Crippen MR) is 97.6 cm³/mol. The fourth-order valence-corrected chi connectivity index (χ4v) is 3.38. The number of likely N-dealkylation sites (N-methyl/N-ethyl adjacent to an activating group) is 1. The molecule has 0 spiro atoms. The van der Waals surface area contributed by atoms with Crippen LogP contribution in [0.25, 0.3) is 0 Å². The molecule has 0 aliphatic carbocycles. The van der Waals surface area contributed by atoms with Crippen LogP contribution >= 0.6 is 0 Å². The second kappa shape index (κ2) is 7.99. The first kappa shape index (κ1) is 17.9. The Bertz CT molecular complexity index is 751. The number of nitrogens with zero attached hydrogens (tertiary/aromatic N) is 3. The predicted octanol–water partition coefficient (Wildman–Crippen LogP) is 1.76. The molecule has 6 nitrogen and oxygen atoms in total. The maximum absolute atomic E-state index is 12.7. The van der Waals surface area contributed by atoms with Crippen LogP contribution in [-0.2, 0) is 16.0 Å². The lowest BCUT2D eigenvalue weighted by Crippen LogP contribution is -2.64. The van der Waals surface area contributed by atoms with Crippen molar-refractivity contribution in [1.82, 2.24) is 14.8 Å². The minimum absolute atomic E-state index is 0.0401. The molecule has 26 heavy (non-hydrogen) atoms. The van der Waals surface area contributed by atoms with E-state index in [9.17, 15) is 9.59 Å². The van der Waals surface area contributed by atoms with E-state index in [0.29, 0.717) is 25.3 Å². The summed E-state index contributed by atoms with van der Waals surface area (Å²) in [5, 5.41) is 0. The summed E-state index contributed by atoms with van der Waals surface area (Å²) in [7, 11) is 1.77. The molecule has 1 aromatic carbocycles. The number of aromatic nitrogens is 1. The van der Waals surface area contributed by atoms with Gasteiger partial charge in [-0.15, -0.1) is 0 Å². The topological polar surface area (TPSA) is 62.7 Å². The first-order valence-corrected chi connectivity index (χ1v) is 8.67. The van der Waals surface area contributed by atoms with Crippen molar-refractivity contribution in [2.45, 2.75) is 25.4 Å². The number of benzene rings is 1. The Kier molecular flexibility index (Phi) is 5.51. The Morgan fingerprint density at radius 3 is 2.65 bits per heavy atom. The normalized spacial score (nSPS) is 20.2. The molecule has 3 rings (SSSR count). The lowest BCUT2D eigenvalue weighted by molar-refractivity contribution is -0.154. The van der Waals surface area contributed by atoms with Crippen molar-refractivity contribution in [2.75, 3.05) is 20.2 Å². The molecule has 1 aliphatic rings. The Hall–Kier alpha value is -2.89. The maximum atomic E-state index is 12.7. The summed E-state index contributed by atoms with van der Waals surface area (Å²) >= 11 is 0. The second-order valence-corrected chi connectivity index (χ2v) is 6.50. The minimum Gasteiger partial charge on any atom is -0.490 e. The van der Waals surface area contributed by atoms with Crippen LogP contribution < -0.4 is 4.74 Å². The van der Waals surface area contributed by atoms with Gasteiger partial charge in [-0.05, 0) is 17.7 Å². The highest BCUT2D eigenvalue weighted by atomic mass is 16.5. The molecule has 0 bridgehead atoms. The number of rotatable bonds is 5. The van der Waals surface area contributed by atoms with Gasteiger partial charge in [0.05, 0.1) is 12.2 Å². The Labute approximate surface area is 153 Å². The van der Waals surface area contributed by atoms with E-state index < -0.39 is 6.04 Å². The van der Waals surface area contributed by atoms with Crippen LogP contribution in [0.4, 0.5) is 0 Å². The largest absolute Gasteiger partial charge is 0.490 e. The van der Waals surface area contributed by atoms with E-state index in [1.54, 1.807) is 35.3 Å². The molecule has 2 atom stereocenters. The van der Waals surface area contributed by atoms with Crippen molar-refractivity contribution in [3.05, 3.63) is 60.4 Å². The van der Waals surface area contributed by atoms with Crippen LogP contribution in [-0.4, -0.2) is 58.9 Å². The first-order chi connectivity index (χ1) is 12.6. The Balaban J connectivity index is 1.79. The van der Waals surface area contributed by atoms with Crippen LogP contribution in [0, 0.1) is 0 Å². The van der Waals surface area contributed by atoms with Crippen molar-refractivity contribution >= 4 is 11.8 Å². The number of carbonyl (C=O) groups excluding carboxylic acids is 2. The molecule has 0 radical (unpaired) electrons. The molecule has 1 saturated heterocycles. The molecule has 1 aliphatic heterocycles. The highest BCUT2D eigenvalue weighted by Gasteiger charge is 2.41. The summed E-state index contributed by atoms with van der Waals surface area (Å²) in [6, 6.07) is 12.7. The third kappa shape index (κ3) is 4.02. The van der Waals surface area contributed by atoms with Crippen LogP contribution in [0.5, 0.6) is 5.75 Å². The highest BCUT2D eigenvalue weighted by Crippen LogP contribution is 2.21. The second-order valence-electron chi connectivity index (χ2n) is 6.50. The molecule has 1 fully saturated rings. The van der Waals surface area contributed by atoms with E-state index in [2.05, 4.69) is 4.98 Å². The molecular weight excluding hydrogens is 330 g/mol. The van der Waals surface area contributed by atoms with Crippen LogP contribution in [0.2, 0.25) is 0 Å². The maximum Gasteiger partial charge on any atom is 0.245 e. The Morgan fingerprint density at radius 2 is 2.00 bits per heavy atom. The molecule has 6 heteroatoms. The van der Waals surface area contributed by atoms with Gasteiger partial charge in [0.1, 0.15) is 18.4 Å². The summed E-state index contributed by atoms with van der Waals surface area (Å²) in [6.07, 6.45) is 3.81. The van der Waals surface area contributed by atoms with E-state index in [0.717, 1.165) is 5.56 Å². The zero-order valence-electron chi connectivity index (χ0n) is 15.0. The molecule has 2 aromatic rings. The average molecular weight is 353 g/mol. The summed E-state index contributed by atoms with van der Waals surface area (Å²) in [6.45, 7) is 2.27. The number of hydrogen-bond donors (Lipinski definition) is 0. The zero-order valence-corrected chi connectivity index (χ0v) is 15.0. The summed E-state index contributed by atoms with van der Waals surface area (Å²) in [5.74, 6) is 0.490. The smallest absolute Gasteiger partial charge is 0.245 e. The van der Waals surface area contributed by atoms with Crippen molar-refractivity contribution in [3.8, 4) is 5.75 Å². The number of carbonyl (C=O) groups is 2. The highest BCUT2D eigenvalue weighted by molar-refractivity contribution is 5.88. The number of piperazine rings is 1. The molecular formula is C20H23N3O3. The zero-order chi connectivity index (χ0) is 18.5. The van der Waals surface area contributed by atoms with Gasteiger partial charge in [0.15, 0.2) is 0 Å². The van der Waals surface area contributed by atoms with E-state index >= 15 is 0 Å². The summed E-state index contributed by atoms with van der Waals surface area (Å²) < 4.78 is 5.81. The monoisotopic (exact) mass is 353 g/mol. The third-order valence-corrected chi connectivity index (χ3v) is 4.59. The molecule has 136 valence electrons. The van der Waals surface area contributed by atoms with Gasteiger partial charge in [0.25, 0.3) is 0 Å². The molecule has 0 unspecified atom stereocenters. The van der Waals surface area contributed by atoms with E-state index in [1.807, 2.05) is 36.4 Å². The molecule has 2 amide bonds. The van der Waals surface area contributed by atoms with Gasteiger partial charge in [0.2, 0.25) is 11.8 Å². The van der Waals surface area contributed by atoms with Crippen LogP contribution in [0.3, 0.4) is 0 Å². The van der Waals surface area contributed by atoms with Crippen molar-refractivity contribution < 1.29 is 14.3 Å². The molecule has 0 N–H and O–H groups in total. The fourth-order valence-electron chi connectivity index (χ4n) is 3.38. The number of ether oxygens (including phenoxy) is 1. The van der Waals surface area contributed by atoms with Gasteiger partial charge in [-0.2, -0.15) is 0 Å². The van der Waals surface area contributed by atoms with Gasteiger partial charge in [0, 0.05) is 33.1 Å². The molecule has 2 heterocycles. The first-order valence-electron chi connectivity index (χ1n) is 8.67. The van der Waals surface area contributed by atoms with Gasteiger partial charge in [-0.1, -0.05) is 30.3 Å². The lowest BCUT2D eigenvalue weighted by atomic mass is 9.98. The SMILES string of the molecule is CC(=O)N1[C@H](COc2cccnc2)CN(C)C(=O)[C@@H]1Cc1ccccc1. The number of hydrogen-bond acceptors (Lipinski definition) is 4. The van der Waals surface area contributed by atoms with Crippen LogP contribution in [0.15, 0.2) is 54.9 Å². The quantitative estimate of drug-likeness (QED) is 0.822. The number of amides is 2. The average Bonchev–Trinajstić information content (AvgIpc) is 2.65. The van der Waals surface area contributed by atoms with Gasteiger partial charge < -0.3 is 14.5 Å². The van der Waals surface area contributed by atoms with E-state index in [1.165, 1.54) is 6.92 Å². The number of pyridine rings is 1. The van der Waals surface area contributed by atoms with Crippen molar-refractivity contribution in [3.63, 3.8) is 0 Å². The molecule has 1 aromatic heterocycles. The van der Waals surface area contributed by atoms with Crippen LogP contribution in [0.1, 0.15) is 12.5 Å². The Morgan fingerprint density at radius 1 is 1.23 bits per heavy atom. The van der Waals surface area contributed by atoms with Gasteiger partial charge >= 0.3 is 0 Å². The molecule has 0 saturated carbocycles. The van der Waals surface area contributed by atoms with Crippen molar-refractivity contribution in [2.24, 2.45) is 0 Å². The lowest BCUT2D eigenvalue weighted by Gasteiger charge is -2.44. The van der Waals surface area contributed by atoms with Crippen molar-refractivity contribution in [1.29, 1.82) is 0 Å². The van der Waals surface area contributed by atoms with Gasteiger partial charge in [-0.25, -0.2) is 0 Å². The van der Waals surface area contributed by atoms with E-state index in [4.69, 9.17) is 4.74 Å². The van der Waals surface area contributed by atoms with E-state index in [-0.39, 0.29) is 17.9 Å².